The van der Waals surface area contributed by atoms with Crippen LogP contribution in [-0.4, -0.2) is 25.1 Å². The third-order valence-electron chi connectivity index (χ3n) is 7.72. The fraction of sp³-hybridized carbons (Fsp3) is 0.119. The lowest BCUT2D eigenvalue weighted by Crippen LogP contribution is -2.04. The monoisotopic (exact) mass is 706 g/mol. The number of ether oxygens (including phenoxy) is 4. The lowest BCUT2D eigenvalue weighted by molar-refractivity contribution is 0.103. The Bertz CT molecular complexity index is 2000. The van der Waals surface area contributed by atoms with Gasteiger partial charge in [-0.2, -0.15) is 0 Å². The molecular weight excluding hydrogens is 671 g/mol. The van der Waals surface area contributed by atoms with Gasteiger partial charge in [0.1, 0.15) is 19.3 Å². The van der Waals surface area contributed by atoms with Crippen molar-refractivity contribution in [3.63, 3.8) is 0 Å². The van der Waals surface area contributed by atoms with Crippen molar-refractivity contribution in [1.82, 2.24) is 0 Å². The summed E-state index contributed by atoms with van der Waals surface area (Å²) in [5, 5.41) is 11.6. The predicted octanol–water partition coefficient (Wildman–Crippen LogP) is 10.2. The molecule has 0 aliphatic rings. The number of hydrogen-bond acceptors (Lipinski definition) is 6. The summed E-state index contributed by atoms with van der Waals surface area (Å²) in [6, 6.07) is 44.5. The van der Waals surface area contributed by atoms with Gasteiger partial charge in [0.05, 0.1) is 19.2 Å². The highest BCUT2D eigenvalue weighted by molar-refractivity contribution is 6.35. The maximum absolute atomic E-state index is 12.6. The zero-order chi connectivity index (χ0) is 35.3. The maximum Gasteiger partial charge on any atom is 0.194 e. The summed E-state index contributed by atoms with van der Waals surface area (Å²) in [6.45, 7) is 0.874. The number of rotatable bonds is 12. The number of halogens is 2. The standard InChI is InChI=1S/C21H19ClO3.C21H17ClO3/c2*1-24-20-13-16(21(23)17-9-5-6-10-18(17)22)11-12-19(20)25-14-15-7-3-2-4-8-15/h2-13,21,23H,14H2,1H3;2-13H,14H2,1H3. The first-order valence-corrected chi connectivity index (χ1v) is 16.5. The van der Waals surface area contributed by atoms with Crippen molar-refractivity contribution in [2.75, 3.05) is 14.2 Å². The van der Waals surface area contributed by atoms with Crippen molar-refractivity contribution in [1.29, 1.82) is 0 Å². The lowest BCUT2D eigenvalue weighted by Gasteiger charge is -2.16. The Morgan fingerprint density at radius 2 is 1.08 bits per heavy atom. The van der Waals surface area contributed by atoms with Gasteiger partial charge in [-0.05, 0) is 65.2 Å². The molecule has 0 spiro atoms. The fourth-order valence-electron chi connectivity index (χ4n) is 5.05. The molecule has 1 N–H and O–H groups in total. The zero-order valence-electron chi connectivity index (χ0n) is 27.6. The van der Waals surface area contributed by atoms with Crippen LogP contribution in [0.3, 0.4) is 0 Å². The number of aliphatic hydroxyl groups is 1. The Kier molecular flexibility index (Phi) is 12.9. The molecule has 0 aromatic heterocycles. The van der Waals surface area contributed by atoms with Gasteiger partial charge in [-0.1, -0.05) is 120 Å². The normalized spacial score (nSPS) is 11.1. The molecule has 8 heteroatoms. The number of benzene rings is 6. The second kappa shape index (κ2) is 17.9. The minimum absolute atomic E-state index is 0.154. The van der Waals surface area contributed by atoms with Crippen LogP contribution in [0.4, 0.5) is 0 Å². The van der Waals surface area contributed by atoms with Gasteiger partial charge in [-0.15, -0.1) is 0 Å². The molecule has 6 aromatic carbocycles. The Morgan fingerprint density at radius 1 is 0.580 bits per heavy atom. The molecule has 0 fully saturated rings. The number of carbonyl (C=O) groups is 1. The van der Waals surface area contributed by atoms with Gasteiger partial charge in [0.15, 0.2) is 28.8 Å². The van der Waals surface area contributed by atoms with Crippen LogP contribution in [0.25, 0.3) is 0 Å². The third-order valence-corrected chi connectivity index (χ3v) is 8.40. The fourth-order valence-corrected chi connectivity index (χ4v) is 5.51. The second-order valence-electron chi connectivity index (χ2n) is 11.1. The largest absolute Gasteiger partial charge is 0.493 e. The van der Waals surface area contributed by atoms with E-state index in [9.17, 15) is 9.90 Å². The Hall–Kier alpha value is -5.27. The van der Waals surface area contributed by atoms with Crippen molar-refractivity contribution in [3.8, 4) is 23.0 Å². The molecule has 6 nitrogen and oxygen atoms in total. The molecule has 0 aliphatic heterocycles. The summed E-state index contributed by atoms with van der Waals surface area (Å²) in [6.07, 6.45) is -0.828. The first-order chi connectivity index (χ1) is 24.4. The van der Waals surface area contributed by atoms with Crippen molar-refractivity contribution in [2.45, 2.75) is 19.3 Å². The second-order valence-corrected chi connectivity index (χ2v) is 11.9. The number of hydrogen-bond donors (Lipinski definition) is 1. The van der Waals surface area contributed by atoms with E-state index in [2.05, 4.69) is 0 Å². The minimum atomic E-state index is -0.828. The molecule has 6 aromatic rings. The molecule has 1 atom stereocenters. The van der Waals surface area contributed by atoms with Crippen LogP contribution >= 0.6 is 23.2 Å². The molecule has 6 rings (SSSR count). The Balaban J connectivity index is 0.000000194. The molecule has 0 heterocycles. The average molecular weight is 708 g/mol. The summed E-state index contributed by atoms with van der Waals surface area (Å²) < 4.78 is 22.5. The molecule has 0 saturated carbocycles. The summed E-state index contributed by atoms with van der Waals surface area (Å²) in [5.41, 5.74) is 4.44. The third kappa shape index (κ3) is 9.45. The number of ketones is 1. The number of methoxy groups -OCH3 is 2. The van der Waals surface area contributed by atoms with Gasteiger partial charge in [-0.3, -0.25) is 4.79 Å². The topological polar surface area (TPSA) is 74.2 Å². The van der Waals surface area contributed by atoms with Crippen LogP contribution in [0.2, 0.25) is 10.0 Å². The maximum atomic E-state index is 12.6. The van der Waals surface area contributed by atoms with Crippen LogP contribution < -0.4 is 18.9 Å². The van der Waals surface area contributed by atoms with Crippen molar-refractivity contribution in [2.24, 2.45) is 0 Å². The van der Waals surface area contributed by atoms with E-state index in [-0.39, 0.29) is 5.78 Å². The molecule has 0 saturated heterocycles. The average Bonchev–Trinajstić information content (AvgIpc) is 3.17. The quantitative estimate of drug-likeness (QED) is 0.128. The molecule has 0 radical (unpaired) electrons. The van der Waals surface area contributed by atoms with Gasteiger partial charge < -0.3 is 24.1 Å². The van der Waals surface area contributed by atoms with E-state index in [1.165, 1.54) is 0 Å². The van der Waals surface area contributed by atoms with Crippen LogP contribution in [-0.2, 0) is 13.2 Å². The lowest BCUT2D eigenvalue weighted by atomic mass is 10.0. The molecule has 254 valence electrons. The van der Waals surface area contributed by atoms with Gasteiger partial charge in [0, 0.05) is 21.7 Å². The molecule has 0 aliphatic carbocycles. The van der Waals surface area contributed by atoms with Gasteiger partial charge in [-0.25, -0.2) is 0 Å². The highest BCUT2D eigenvalue weighted by atomic mass is 35.5. The van der Waals surface area contributed by atoms with Crippen molar-refractivity contribution in [3.05, 3.63) is 189 Å². The van der Waals surface area contributed by atoms with E-state index in [1.807, 2.05) is 78.9 Å². The van der Waals surface area contributed by atoms with Crippen LogP contribution in [0.5, 0.6) is 23.0 Å². The van der Waals surface area contributed by atoms with Gasteiger partial charge in [0.25, 0.3) is 0 Å². The predicted molar refractivity (Wildman–Crippen MR) is 198 cm³/mol. The van der Waals surface area contributed by atoms with Gasteiger partial charge >= 0.3 is 0 Å². The molecule has 0 bridgehead atoms. The van der Waals surface area contributed by atoms with E-state index in [4.69, 9.17) is 42.1 Å². The summed E-state index contributed by atoms with van der Waals surface area (Å²) >= 11 is 12.3. The van der Waals surface area contributed by atoms with Crippen LogP contribution in [0, 0.1) is 0 Å². The van der Waals surface area contributed by atoms with Gasteiger partial charge in [0.2, 0.25) is 0 Å². The Labute approximate surface area is 302 Å². The van der Waals surface area contributed by atoms with Crippen LogP contribution in [0.15, 0.2) is 146 Å². The van der Waals surface area contributed by atoms with E-state index < -0.39 is 6.10 Å². The first-order valence-electron chi connectivity index (χ1n) is 15.8. The first kappa shape index (κ1) is 36.0. The smallest absolute Gasteiger partial charge is 0.194 e. The summed E-state index contributed by atoms with van der Waals surface area (Å²) in [4.78, 5) is 12.6. The summed E-state index contributed by atoms with van der Waals surface area (Å²) in [7, 11) is 3.13. The van der Waals surface area contributed by atoms with Crippen LogP contribution in [0.1, 0.15) is 44.3 Å². The SMILES string of the molecule is COc1cc(C(=O)c2ccccc2Cl)ccc1OCc1ccccc1.COc1cc(C(O)c2ccccc2Cl)ccc1OCc1ccccc1. The van der Waals surface area contributed by atoms with Crippen molar-refractivity contribution < 1.29 is 28.8 Å². The molecule has 1 unspecified atom stereocenters. The Morgan fingerprint density at radius 3 is 1.64 bits per heavy atom. The van der Waals surface area contributed by atoms with E-state index in [0.717, 1.165) is 11.1 Å². The molecule has 0 amide bonds. The number of carbonyl (C=O) groups excluding carboxylic acids is 1. The minimum Gasteiger partial charge on any atom is -0.493 e. The number of aliphatic hydroxyl groups excluding tert-OH is 1. The molecular formula is C42H36Cl2O6. The highest BCUT2D eigenvalue weighted by Crippen LogP contribution is 2.35. The molecule has 50 heavy (non-hydrogen) atoms. The van der Waals surface area contributed by atoms with E-state index in [0.29, 0.717) is 68.5 Å². The van der Waals surface area contributed by atoms with E-state index in [1.54, 1.807) is 80.9 Å². The van der Waals surface area contributed by atoms with Crippen molar-refractivity contribution >= 4 is 29.0 Å². The van der Waals surface area contributed by atoms with E-state index >= 15 is 0 Å². The highest BCUT2D eigenvalue weighted by Gasteiger charge is 2.17. The zero-order valence-corrected chi connectivity index (χ0v) is 29.1. The summed E-state index contributed by atoms with van der Waals surface area (Å²) in [5.74, 6) is 2.13.